The second kappa shape index (κ2) is 5.75. The molecule has 0 radical (unpaired) electrons. The molecule has 0 N–H and O–H groups in total. The SMILES string of the molecule is CCOC(=O)C(C)C.Clc1cc2ccc1o2. The highest BCUT2D eigenvalue weighted by molar-refractivity contribution is 6.34. The van der Waals surface area contributed by atoms with E-state index in [0.717, 1.165) is 11.2 Å². The van der Waals surface area contributed by atoms with E-state index >= 15 is 0 Å². The molecule has 0 amide bonds. The number of furan rings is 2. The fraction of sp³-hybridized carbons (Fsp3) is 0.417. The Bertz CT molecular complexity index is 433. The van der Waals surface area contributed by atoms with Gasteiger partial charge in [0.2, 0.25) is 0 Å². The predicted octanol–water partition coefficient (Wildman–Crippen LogP) is 3.73. The van der Waals surface area contributed by atoms with Gasteiger partial charge in [-0.2, -0.15) is 0 Å². The largest absolute Gasteiger partial charge is 0.466 e. The molecule has 0 aliphatic rings. The van der Waals surface area contributed by atoms with Crippen LogP contribution in [0.1, 0.15) is 20.8 Å². The van der Waals surface area contributed by atoms with E-state index in [4.69, 9.17) is 16.0 Å². The molecule has 16 heavy (non-hydrogen) atoms. The Labute approximate surface area is 99.7 Å². The van der Waals surface area contributed by atoms with Crippen LogP contribution in [0, 0.1) is 5.92 Å². The zero-order chi connectivity index (χ0) is 12.1. The number of benzene rings is 1. The van der Waals surface area contributed by atoms with Gasteiger partial charge in [0.1, 0.15) is 11.2 Å². The zero-order valence-corrected chi connectivity index (χ0v) is 10.4. The van der Waals surface area contributed by atoms with Gasteiger partial charge in [-0.05, 0) is 19.1 Å². The van der Waals surface area contributed by atoms with Gasteiger partial charge in [0.25, 0.3) is 0 Å². The van der Waals surface area contributed by atoms with Crippen molar-refractivity contribution in [3.63, 3.8) is 0 Å². The first-order valence-corrected chi connectivity index (χ1v) is 5.56. The first-order valence-electron chi connectivity index (χ1n) is 5.18. The quantitative estimate of drug-likeness (QED) is 0.754. The van der Waals surface area contributed by atoms with Crippen molar-refractivity contribution in [3.05, 3.63) is 23.2 Å². The van der Waals surface area contributed by atoms with Crippen LogP contribution in [0.15, 0.2) is 22.6 Å². The Balaban J connectivity index is 0.000000160. The van der Waals surface area contributed by atoms with Crippen molar-refractivity contribution in [1.82, 2.24) is 0 Å². The average Bonchev–Trinajstić information content (AvgIpc) is 2.80. The van der Waals surface area contributed by atoms with Crippen LogP contribution in [0.5, 0.6) is 0 Å². The lowest BCUT2D eigenvalue weighted by Gasteiger charge is -2.01. The van der Waals surface area contributed by atoms with Crippen LogP contribution in [-0.2, 0) is 9.53 Å². The van der Waals surface area contributed by atoms with Gasteiger partial charge in [0.15, 0.2) is 0 Å². The number of hydrogen-bond acceptors (Lipinski definition) is 3. The molecular formula is C12H15ClO3. The van der Waals surface area contributed by atoms with Crippen molar-refractivity contribution in [2.24, 2.45) is 5.92 Å². The fourth-order valence-corrected chi connectivity index (χ4v) is 1.27. The Kier molecular flexibility index (Phi) is 4.62. The number of ether oxygens (including phenoxy) is 1. The maximum atomic E-state index is 10.5. The minimum absolute atomic E-state index is 0.00921. The summed E-state index contributed by atoms with van der Waals surface area (Å²) in [6.45, 7) is 5.92. The van der Waals surface area contributed by atoms with Gasteiger partial charge < -0.3 is 9.15 Å². The molecule has 4 heteroatoms. The van der Waals surface area contributed by atoms with E-state index in [-0.39, 0.29) is 11.9 Å². The molecule has 2 aromatic heterocycles. The van der Waals surface area contributed by atoms with Crippen LogP contribution < -0.4 is 0 Å². The van der Waals surface area contributed by atoms with Crippen molar-refractivity contribution in [3.8, 4) is 0 Å². The molecule has 0 unspecified atom stereocenters. The van der Waals surface area contributed by atoms with Gasteiger partial charge in [-0.1, -0.05) is 25.4 Å². The van der Waals surface area contributed by atoms with Crippen LogP contribution in [-0.4, -0.2) is 12.6 Å². The van der Waals surface area contributed by atoms with Crippen LogP contribution >= 0.6 is 11.6 Å². The van der Waals surface area contributed by atoms with Gasteiger partial charge in [-0.25, -0.2) is 0 Å². The molecule has 2 aromatic rings. The number of rotatable bonds is 2. The first kappa shape index (κ1) is 12.8. The minimum Gasteiger partial charge on any atom is -0.466 e. The maximum absolute atomic E-state index is 10.5. The third kappa shape index (κ3) is 3.42. The molecule has 0 atom stereocenters. The van der Waals surface area contributed by atoms with E-state index in [0.29, 0.717) is 11.6 Å². The predicted molar refractivity (Wildman–Crippen MR) is 63.9 cm³/mol. The highest BCUT2D eigenvalue weighted by Crippen LogP contribution is 2.25. The molecule has 0 spiro atoms. The molecule has 0 fully saturated rings. The summed E-state index contributed by atoms with van der Waals surface area (Å²) in [6, 6.07) is 5.55. The lowest BCUT2D eigenvalue weighted by Crippen LogP contribution is -2.10. The van der Waals surface area contributed by atoms with E-state index in [1.165, 1.54) is 0 Å². The molecule has 2 heterocycles. The van der Waals surface area contributed by atoms with Crippen molar-refractivity contribution in [2.75, 3.05) is 6.61 Å². The van der Waals surface area contributed by atoms with Crippen molar-refractivity contribution in [2.45, 2.75) is 20.8 Å². The lowest BCUT2D eigenvalue weighted by atomic mass is 10.2. The topological polar surface area (TPSA) is 39.4 Å². The highest BCUT2D eigenvalue weighted by atomic mass is 35.5. The highest BCUT2D eigenvalue weighted by Gasteiger charge is 2.05. The van der Waals surface area contributed by atoms with E-state index in [2.05, 4.69) is 4.74 Å². The number of carbonyl (C=O) groups is 1. The van der Waals surface area contributed by atoms with E-state index in [9.17, 15) is 4.79 Å². The number of fused-ring (bicyclic) bond motifs is 2. The average molecular weight is 243 g/mol. The standard InChI is InChI=1S/C6H3ClO.C6H12O2/c7-5-3-4-1-2-6(5)8-4;1-4-8-6(7)5(2)3/h1-3H;5H,4H2,1-3H3. The number of hydrogen-bond donors (Lipinski definition) is 0. The summed E-state index contributed by atoms with van der Waals surface area (Å²) in [5.41, 5.74) is 1.63. The molecular weight excluding hydrogens is 228 g/mol. The Hall–Kier alpha value is -1.22. The van der Waals surface area contributed by atoms with Gasteiger partial charge in [-0.15, -0.1) is 0 Å². The van der Waals surface area contributed by atoms with Gasteiger partial charge in [0.05, 0.1) is 17.5 Å². The minimum atomic E-state index is -0.118. The molecule has 0 aliphatic heterocycles. The lowest BCUT2D eigenvalue weighted by molar-refractivity contribution is -0.146. The second-order valence-corrected chi connectivity index (χ2v) is 4.01. The summed E-state index contributed by atoms with van der Waals surface area (Å²) in [4.78, 5) is 10.5. The summed E-state index contributed by atoms with van der Waals surface area (Å²) in [6.07, 6.45) is 0. The third-order valence-corrected chi connectivity index (χ3v) is 2.18. The molecule has 2 rings (SSSR count). The second-order valence-electron chi connectivity index (χ2n) is 3.60. The van der Waals surface area contributed by atoms with Crippen molar-refractivity contribution >= 4 is 28.7 Å². The van der Waals surface area contributed by atoms with Crippen LogP contribution in [0.25, 0.3) is 11.2 Å². The normalized spacial score (nSPS) is 10.3. The summed E-state index contributed by atoms with van der Waals surface area (Å²) in [7, 11) is 0. The molecule has 0 saturated carbocycles. The van der Waals surface area contributed by atoms with E-state index < -0.39 is 0 Å². The van der Waals surface area contributed by atoms with Crippen molar-refractivity contribution in [1.29, 1.82) is 0 Å². The number of esters is 1. The zero-order valence-electron chi connectivity index (χ0n) is 9.62. The van der Waals surface area contributed by atoms with Gasteiger partial charge in [-0.3, -0.25) is 4.79 Å². The smallest absolute Gasteiger partial charge is 0.308 e. The Morgan fingerprint density at radius 3 is 2.38 bits per heavy atom. The summed E-state index contributed by atoms with van der Waals surface area (Å²) < 4.78 is 9.75. The summed E-state index contributed by atoms with van der Waals surface area (Å²) >= 11 is 5.64. The van der Waals surface area contributed by atoms with Crippen molar-refractivity contribution < 1.29 is 13.9 Å². The maximum Gasteiger partial charge on any atom is 0.308 e. The summed E-state index contributed by atoms with van der Waals surface area (Å²) in [5, 5.41) is 0.711. The van der Waals surface area contributed by atoms with Gasteiger partial charge >= 0.3 is 5.97 Å². The number of carbonyl (C=O) groups excluding carboxylic acids is 1. The van der Waals surface area contributed by atoms with E-state index in [1.807, 2.05) is 26.0 Å². The van der Waals surface area contributed by atoms with Crippen LogP contribution in [0.2, 0.25) is 5.02 Å². The number of halogens is 1. The molecule has 3 nitrogen and oxygen atoms in total. The first-order chi connectivity index (χ1) is 7.54. The molecule has 0 saturated heterocycles. The molecule has 2 bridgehead atoms. The Morgan fingerprint density at radius 1 is 1.50 bits per heavy atom. The monoisotopic (exact) mass is 242 g/mol. The third-order valence-electron chi connectivity index (χ3n) is 1.89. The molecule has 0 aliphatic carbocycles. The molecule has 0 aromatic carbocycles. The summed E-state index contributed by atoms with van der Waals surface area (Å²) in [5.74, 6) is -0.109. The van der Waals surface area contributed by atoms with Crippen LogP contribution in [0.3, 0.4) is 0 Å². The Morgan fingerprint density at radius 2 is 2.19 bits per heavy atom. The van der Waals surface area contributed by atoms with E-state index in [1.54, 1.807) is 13.0 Å². The van der Waals surface area contributed by atoms with Gasteiger partial charge in [0, 0.05) is 6.07 Å². The van der Waals surface area contributed by atoms with Crippen LogP contribution in [0.4, 0.5) is 0 Å². The molecule has 88 valence electrons. The fourth-order valence-electron chi connectivity index (χ4n) is 1.06.